The van der Waals surface area contributed by atoms with E-state index in [0.717, 1.165) is 37.5 Å². The van der Waals surface area contributed by atoms with Crippen molar-refractivity contribution in [3.8, 4) is 0 Å². The minimum atomic E-state index is -0.0461. The Labute approximate surface area is 148 Å². The summed E-state index contributed by atoms with van der Waals surface area (Å²) in [5.41, 5.74) is 0.389. The van der Waals surface area contributed by atoms with Gasteiger partial charge in [0.15, 0.2) is 0 Å². The molecule has 0 radical (unpaired) electrons. The first kappa shape index (κ1) is 21.2. The fourth-order valence-electron chi connectivity index (χ4n) is 4.18. The van der Waals surface area contributed by atoms with E-state index >= 15 is 0 Å². The number of aliphatic hydroxyl groups excluding tert-OH is 2. The zero-order valence-electron chi connectivity index (χ0n) is 16.1. The van der Waals surface area contributed by atoms with Gasteiger partial charge >= 0.3 is 0 Å². The van der Waals surface area contributed by atoms with Gasteiger partial charge in [-0.2, -0.15) is 0 Å². The average Bonchev–Trinajstić information content (AvgIpc) is 2.57. The molecule has 2 saturated carbocycles. The van der Waals surface area contributed by atoms with Crippen molar-refractivity contribution in [2.24, 2.45) is 17.3 Å². The molecule has 0 aromatic heterocycles. The maximum Gasteiger partial charge on any atom is 0.0858 e. The molecule has 0 heterocycles. The Morgan fingerprint density at radius 2 is 1.04 bits per heavy atom. The van der Waals surface area contributed by atoms with E-state index in [1.165, 1.54) is 25.7 Å². The summed E-state index contributed by atoms with van der Waals surface area (Å²) < 4.78 is 4.77. The summed E-state index contributed by atoms with van der Waals surface area (Å²) in [7, 11) is 0. The molecule has 24 heavy (non-hydrogen) atoms. The maximum absolute atomic E-state index is 9.60. The summed E-state index contributed by atoms with van der Waals surface area (Å²) in [6, 6.07) is 0. The molecule has 3 heteroatoms. The number of aliphatic hydroxyl groups is 2. The Bertz CT molecular complexity index is 337. The van der Waals surface area contributed by atoms with Crippen molar-refractivity contribution in [3.05, 3.63) is 24.7 Å². The van der Waals surface area contributed by atoms with Crippen molar-refractivity contribution in [2.75, 3.05) is 0 Å². The molecule has 0 atom stereocenters. The van der Waals surface area contributed by atoms with Crippen LogP contribution in [-0.4, -0.2) is 22.4 Å². The molecular weight excluding hydrogens is 300 g/mol. The third-order valence-electron chi connectivity index (χ3n) is 5.93. The molecule has 140 valence electrons. The highest BCUT2D eigenvalue weighted by Gasteiger charge is 2.39. The Morgan fingerprint density at radius 3 is 1.33 bits per heavy atom. The summed E-state index contributed by atoms with van der Waals surface area (Å²) in [6.07, 6.45) is 15.5. The first-order valence-corrected chi connectivity index (χ1v) is 9.65. The van der Waals surface area contributed by atoms with Gasteiger partial charge in [0.25, 0.3) is 0 Å². The number of rotatable bonds is 4. The van der Waals surface area contributed by atoms with E-state index in [1.807, 2.05) is 26.0 Å². The van der Waals surface area contributed by atoms with Crippen LogP contribution >= 0.6 is 0 Å². The summed E-state index contributed by atoms with van der Waals surface area (Å²) in [5.74, 6) is 1.54. The molecule has 0 spiro atoms. The third kappa shape index (κ3) is 6.98. The predicted molar refractivity (Wildman–Crippen MR) is 100 cm³/mol. The Kier molecular flexibility index (Phi) is 9.68. The molecule has 0 aromatic carbocycles. The van der Waals surface area contributed by atoms with Gasteiger partial charge in [0.05, 0.1) is 24.7 Å². The molecule has 0 amide bonds. The lowest BCUT2D eigenvalue weighted by Crippen LogP contribution is -2.38. The monoisotopic (exact) mass is 338 g/mol. The second-order valence-corrected chi connectivity index (χ2v) is 7.91. The summed E-state index contributed by atoms with van der Waals surface area (Å²) in [4.78, 5) is 0. The highest BCUT2D eigenvalue weighted by molar-refractivity contribution is 4.90. The number of hydrogen-bond acceptors (Lipinski definition) is 3. The summed E-state index contributed by atoms with van der Waals surface area (Å²) in [6.45, 7) is 8.64. The maximum atomic E-state index is 9.60. The van der Waals surface area contributed by atoms with Gasteiger partial charge in [-0.25, -0.2) is 0 Å². The number of ether oxygens (including phenoxy) is 1. The smallest absolute Gasteiger partial charge is 0.0858 e. The lowest BCUT2D eigenvalue weighted by molar-refractivity contribution is 0.00233. The standard InChI is InChI=1S/C15H28O2.C6H10O/c1-15(2,11-3-7-13(16)8-4-11)12-5-9-14(17)10-6-12;1-3-5-7-6-4-2/h11-14,16-17H,3-10H2,1-2H3;3-6H,1-2H3/b;5-3-,6-4-. The van der Waals surface area contributed by atoms with Gasteiger partial charge in [-0.05, 0) is 82.5 Å². The first-order chi connectivity index (χ1) is 11.4. The lowest BCUT2D eigenvalue weighted by Gasteiger charge is -2.46. The zero-order chi connectivity index (χ0) is 18.0. The van der Waals surface area contributed by atoms with Crippen LogP contribution in [0.4, 0.5) is 0 Å². The van der Waals surface area contributed by atoms with Gasteiger partial charge in [0, 0.05) is 0 Å². The van der Waals surface area contributed by atoms with Crippen LogP contribution in [0, 0.1) is 17.3 Å². The van der Waals surface area contributed by atoms with Crippen LogP contribution in [0.5, 0.6) is 0 Å². The van der Waals surface area contributed by atoms with Gasteiger partial charge < -0.3 is 14.9 Å². The molecule has 2 fully saturated rings. The van der Waals surface area contributed by atoms with Crippen molar-refractivity contribution < 1.29 is 14.9 Å². The number of hydrogen-bond donors (Lipinski definition) is 2. The SMILES string of the molecule is C/C=C\O/C=C\C.CC(C)(C1CCC(O)CC1)C1CCC(O)CC1. The van der Waals surface area contributed by atoms with Crippen LogP contribution < -0.4 is 0 Å². The zero-order valence-corrected chi connectivity index (χ0v) is 16.1. The van der Waals surface area contributed by atoms with Gasteiger partial charge in [-0.15, -0.1) is 0 Å². The van der Waals surface area contributed by atoms with Crippen LogP contribution in [0.1, 0.15) is 79.1 Å². The van der Waals surface area contributed by atoms with E-state index in [-0.39, 0.29) is 12.2 Å². The van der Waals surface area contributed by atoms with Crippen molar-refractivity contribution >= 4 is 0 Å². The van der Waals surface area contributed by atoms with E-state index < -0.39 is 0 Å². The predicted octanol–water partition coefficient (Wildman–Crippen LogP) is 5.19. The van der Waals surface area contributed by atoms with Crippen LogP contribution in [0.15, 0.2) is 24.7 Å². The molecule has 3 nitrogen and oxygen atoms in total. The summed E-state index contributed by atoms with van der Waals surface area (Å²) >= 11 is 0. The Morgan fingerprint density at radius 1 is 0.708 bits per heavy atom. The van der Waals surface area contributed by atoms with E-state index in [4.69, 9.17) is 4.74 Å². The molecule has 0 aliphatic heterocycles. The average molecular weight is 339 g/mol. The molecule has 2 aliphatic rings. The first-order valence-electron chi connectivity index (χ1n) is 9.65. The highest BCUT2D eigenvalue weighted by atomic mass is 16.5. The van der Waals surface area contributed by atoms with Gasteiger partial charge in [0.2, 0.25) is 0 Å². The van der Waals surface area contributed by atoms with E-state index in [0.29, 0.717) is 5.41 Å². The Balaban J connectivity index is 0.000000351. The van der Waals surface area contributed by atoms with Crippen molar-refractivity contribution in [2.45, 2.75) is 91.3 Å². The molecule has 2 N–H and O–H groups in total. The van der Waals surface area contributed by atoms with Crippen molar-refractivity contribution in [1.29, 1.82) is 0 Å². The van der Waals surface area contributed by atoms with Gasteiger partial charge in [-0.1, -0.05) is 26.0 Å². The second kappa shape index (κ2) is 10.9. The van der Waals surface area contributed by atoms with Gasteiger partial charge in [-0.3, -0.25) is 0 Å². The van der Waals surface area contributed by atoms with E-state index in [1.54, 1.807) is 12.5 Å². The molecule has 0 bridgehead atoms. The fraction of sp³-hybridized carbons (Fsp3) is 0.810. The normalized spacial score (nSPS) is 31.8. The topological polar surface area (TPSA) is 49.7 Å². The van der Waals surface area contributed by atoms with Crippen molar-refractivity contribution in [3.63, 3.8) is 0 Å². The van der Waals surface area contributed by atoms with E-state index in [9.17, 15) is 10.2 Å². The number of allylic oxidation sites excluding steroid dienone is 2. The Hall–Kier alpha value is -0.800. The minimum absolute atomic E-state index is 0.0461. The third-order valence-corrected chi connectivity index (χ3v) is 5.93. The van der Waals surface area contributed by atoms with Crippen LogP contribution in [0.3, 0.4) is 0 Å². The van der Waals surface area contributed by atoms with Crippen LogP contribution in [-0.2, 0) is 4.74 Å². The molecular formula is C21H38O3. The van der Waals surface area contributed by atoms with Crippen LogP contribution in [0.25, 0.3) is 0 Å². The highest BCUT2D eigenvalue weighted by Crippen LogP contribution is 2.48. The summed E-state index contributed by atoms with van der Waals surface area (Å²) in [5, 5.41) is 19.2. The minimum Gasteiger partial charge on any atom is -0.473 e. The molecule has 0 aromatic rings. The quantitative estimate of drug-likeness (QED) is 0.694. The largest absolute Gasteiger partial charge is 0.473 e. The lowest BCUT2D eigenvalue weighted by atomic mass is 9.60. The molecule has 0 unspecified atom stereocenters. The van der Waals surface area contributed by atoms with E-state index in [2.05, 4.69) is 13.8 Å². The van der Waals surface area contributed by atoms with Gasteiger partial charge in [0.1, 0.15) is 0 Å². The molecule has 2 rings (SSSR count). The van der Waals surface area contributed by atoms with Crippen molar-refractivity contribution in [1.82, 2.24) is 0 Å². The second-order valence-electron chi connectivity index (χ2n) is 7.91. The fourth-order valence-corrected chi connectivity index (χ4v) is 4.18. The molecule has 2 aliphatic carbocycles. The van der Waals surface area contributed by atoms with Crippen LogP contribution in [0.2, 0.25) is 0 Å². The molecule has 0 saturated heterocycles.